The van der Waals surface area contributed by atoms with E-state index in [4.69, 9.17) is 0 Å². The number of H-pyrrole nitrogens is 1. The number of hydrogen-bond donors (Lipinski definition) is 1. The maximum absolute atomic E-state index is 12.0. The zero-order valence-corrected chi connectivity index (χ0v) is 13.8. The summed E-state index contributed by atoms with van der Waals surface area (Å²) in [5.74, 6) is 0.706. The number of fused-ring (bicyclic) bond motifs is 1. The van der Waals surface area contributed by atoms with E-state index in [2.05, 4.69) is 53.0 Å². The van der Waals surface area contributed by atoms with Gasteiger partial charge in [-0.1, -0.05) is 29.8 Å². The molecule has 0 aliphatic heterocycles. The molecule has 0 amide bonds. The molecule has 1 aromatic carbocycles. The molecule has 4 nitrogen and oxygen atoms in total. The lowest BCUT2D eigenvalue weighted by molar-refractivity contribution is 0.247. The lowest BCUT2D eigenvalue weighted by Crippen LogP contribution is -2.24. The molecule has 0 spiro atoms. The second-order valence-corrected chi connectivity index (χ2v) is 6.57. The molecule has 0 aliphatic rings. The number of aromatic amines is 1. The Morgan fingerprint density at radius 2 is 2.00 bits per heavy atom. The fourth-order valence-electron chi connectivity index (χ4n) is 2.47. The normalized spacial score (nSPS) is 12.9. The van der Waals surface area contributed by atoms with Crippen molar-refractivity contribution in [1.82, 2.24) is 14.9 Å². The summed E-state index contributed by atoms with van der Waals surface area (Å²) in [6, 6.07) is 10.7. The Hall–Kier alpha value is -1.98. The smallest absolute Gasteiger partial charge is 0.268 e. The van der Waals surface area contributed by atoms with E-state index in [1.165, 1.54) is 22.5 Å². The van der Waals surface area contributed by atoms with Gasteiger partial charge in [0.25, 0.3) is 5.56 Å². The number of nitrogens with one attached hydrogen (secondary N) is 1. The standard InChI is InChI=1S/C17H19N3OS/c1-11-4-6-13(7-5-11)12(2)20(3)10-15-18-14-8-9-22-16(14)17(21)19-15/h4-9,12H,10H2,1-3H3,(H,18,19,21)/t12-/m0/s1. The molecule has 0 radical (unpaired) electrons. The van der Waals surface area contributed by atoms with Gasteiger partial charge in [0.2, 0.25) is 0 Å². The fraction of sp³-hybridized carbons (Fsp3) is 0.294. The van der Waals surface area contributed by atoms with Gasteiger partial charge in [0.1, 0.15) is 10.5 Å². The van der Waals surface area contributed by atoms with Crippen LogP contribution in [0.5, 0.6) is 0 Å². The van der Waals surface area contributed by atoms with Gasteiger partial charge in [-0.15, -0.1) is 11.3 Å². The van der Waals surface area contributed by atoms with E-state index in [9.17, 15) is 4.79 Å². The predicted octanol–water partition coefficient (Wildman–Crippen LogP) is 3.49. The molecular weight excluding hydrogens is 294 g/mol. The highest BCUT2D eigenvalue weighted by molar-refractivity contribution is 7.17. The molecule has 2 heterocycles. The maximum Gasteiger partial charge on any atom is 0.268 e. The second kappa shape index (κ2) is 6.02. The molecule has 0 fully saturated rings. The number of thiophene rings is 1. The molecule has 1 N–H and O–H groups in total. The van der Waals surface area contributed by atoms with Gasteiger partial charge < -0.3 is 4.98 Å². The van der Waals surface area contributed by atoms with Crippen LogP contribution in [-0.4, -0.2) is 21.9 Å². The quantitative estimate of drug-likeness (QED) is 0.802. The van der Waals surface area contributed by atoms with Crippen molar-refractivity contribution in [2.24, 2.45) is 0 Å². The van der Waals surface area contributed by atoms with Crippen molar-refractivity contribution in [2.45, 2.75) is 26.4 Å². The first-order chi connectivity index (χ1) is 10.5. The Kier molecular flexibility index (Phi) is 4.09. The number of hydrogen-bond acceptors (Lipinski definition) is 4. The van der Waals surface area contributed by atoms with Crippen LogP contribution in [0, 0.1) is 6.92 Å². The van der Waals surface area contributed by atoms with Gasteiger partial charge in [-0.05, 0) is 37.9 Å². The molecule has 3 aromatic rings. The monoisotopic (exact) mass is 313 g/mol. The van der Waals surface area contributed by atoms with Crippen molar-refractivity contribution in [3.63, 3.8) is 0 Å². The van der Waals surface area contributed by atoms with Gasteiger partial charge in [-0.25, -0.2) is 4.98 Å². The highest BCUT2D eigenvalue weighted by Crippen LogP contribution is 2.21. The topological polar surface area (TPSA) is 49.0 Å². The zero-order chi connectivity index (χ0) is 15.7. The van der Waals surface area contributed by atoms with Crippen LogP contribution in [0.25, 0.3) is 10.2 Å². The van der Waals surface area contributed by atoms with E-state index in [-0.39, 0.29) is 11.6 Å². The minimum Gasteiger partial charge on any atom is -0.308 e. The number of aromatic nitrogens is 2. The first-order valence-corrected chi connectivity index (χ1v) is 8.16. The van der Waals surface area contributed by atoms with E-state index in [1.54, 1.807) is 0 Å². The fourth-order valence-corrected chi connectivity index (χ4v) is 3.19. The Labute approximate surface area is 133 Å². The van der Waals surface area contributed by atoms with Crippen molar-refractivity contribution in [3.8, 4) is 0 Å². The minimum absolute atomic E-state index is 0.0496. The van der Waals surface area contributed by atoms with Crippen LogP contribution < -0.4 is 5.56 Å². The minimum atomic E-state index is -0.0496. The van der Waals surface area contributed by atoms with Gasteiger partial charge in [-0.3, -0.25) is 9.69 Å². The Morgan fingerprint density at radius 3 is 2.73 bits per heavy atom. The first-order valence-electron chi connectivity index (χ1n) is 7.28. The van der Waals surface area contributed by atoms with Gasteiger partial charge in [0.15, 0.2) is 0 Å². The Morgan fingerprint density at radius 1 is 1.27 bits per heavy atom. The summed E-state index contributed by atoms with van der Waals surface area (Å²) in [4.78, 5) is 21.6. The Balaban J connectivity index is 1.81. The summed E-state index contributed by atoms with van der Waals surface area (Å²) in [7, 11) is 2.04. The molecule has 0 saturated carbocycles. The third-order valence-corrected chi connectivity index (χ3v) is 4.89. The summed E-state index contributed by atoms with van der Waals surface area (Å²) < 4.78 is 0.693. The molecule has 5 heteroatoms. The molecular formula is C17H19N3OS. The molecule has 0 bridgehead atoms. The van der Waals surface area contributed by atoms with Crippen LogP contribution in [0.3, 0.4) is 0 Å². The third kappa shape index (κ3) is 2.96. The van der Waals surface area contributed by atoms with Crippen molar-refractivity contribution < 1.29 is 0 Å². The van der Waals surface area contributed by atoms with E-state index in [0.29, 0.717) is 17.1 Å². The Bertz CT molecular complexity index is 835. The third-order valence-electron chi connectivity index (χ3n) is 3.98. The molecule has 1 atom stereocenters. The predicted molar refractivity (Wildman–Crippen MR) is 91.3 cm³/mol. The van der Waals surface area contributed by atoms with Crippen molar-refractivity contribution in [3.05, 3.63) is 63.0 Å². The largest absolute Gasteiger partial charge is 0.308 e. The number of nitrogens with zero attached hydrogens (tertiary/aromatic N) is 2. The second-order valence-electron chi connectivity index (χ2n) is 5.65. The molecule has 0 unspecified atom stereocenters. The molecule has 0 aliphatic carbocycles. The molecule has 22 heavy (non-hydrogen) atoms. The van der Waals surface area contributed by atoms with Crippen molar-refractivity contribution >= 4 is 21.6 Å². The van der Waals surface area contributed by atoms with Crippen molar-refractivity contribution in [2.75, 3.05) is 7.05 Å². The van der Waals surface area contributed by atoms with Gasteiger partial charge in [-0.2, -0.15) is 0 Å². The highest BCUT2D eigenvalue weighted by Gasteiger charge is 2.14. The van der Waals surface area contributed by atoms with Gasteiger partial charge in [0.05, 0.1) is 12.1 Å². The summed E-state index contributed by atoms with van der Waals surface area (Å²) in [6.07, 6.45) is 0. The van der Waals surface area contributed by atoms with Crippen molar-refractivity contribution in [1.29, 1.82) is 0 Å². The van der Waals surface area contributed by atoms with E-state index in [1.807, 2.05) is 18.5 Å². The first kappa shape index (κ1) is 14.9. The molecule has 114 valence electrons. The van der Waals surface area contributed by atoms with E-state index < -0.39 is 0 Å². The van der Waals surface area contributed by atoms with E-state index >= 15 is 0 Å². The SMILES string of the molecule is Cc1ccc([C@H](C)N(C)Cc2nc3ccsc3c(=O)[nH]2)cc1. The van der Waals surface area contributed by atoms with Gasteiger partial charge in [0, 0.05) is 6.04 Å². The van der Waals surface area contributed by atoms with Crippen LogP contribution in [0.2, 0.25) is 0 Å². The zero-order valence-electron chi connectivity index (χ0n) is 13.0. The molecule has 3 rings (SSSR count). The van der Waals surface area contributed by atoms with Crippen LogP contribution in [-0.2, 0) is 6.54 Å². The lowest BCUT2D eigenvalue weighted by atomic mass is 10.1. The van der Waals surface area contributed by atoms with E-state index in [0.717, 1.165) is 5.52 Å². The summed E-state index contributed by atoms with van der Waals surface area (Å²) >= 11 is 1.43. The van der Waals surface area contributed by atoms with Crippen LogP contribution >= 0.6 is 11.3 Å². The van der Waals surface area contributed by atoms with Gasteiger partial charge >= 0.3 is 0 Å². The van der Waals surface area contributed by atoms with Crippen LogP contribution in [0.15, 0.2) is 40.5 Å². The molecule has 2 aromatic heterocycles. The maximum atomic E-state index is 12.0. The van der Waals surface area contributed by atoms with Crippen LogP contribution in [0.4, 0.5) is 0 Å². The molecule has 0 saturated heterocycles. The summed E-state index contributed by atoms with van der Waals surface area (Å²) in [5, 5.41) is 1.90. The highest BCUT2D eigenvalue weighted by atomic mass is 32.1. The number of aryl methyl sites for hydroxylation is 1. The number of benzene rings is 1. The lowest BCUT2D eigenvalue weighted by Gasteiger charge is -2.24. The average Bonchev–Trinajstić information content (AvgIpc) is 2.96. The van der Waals surface area contributed by atoms with Crippen LogP contribution in [0.1, 0.15) is 29.9 Å². The summed E-state index contributed by atoms with van der Waals surface area (Å²) in [5.41, 5.74) is 3.24. The average molecular weight is 313 g/mol. The number of rotatable bonds is 4. The summed E-state index contributed by atoms with van der Waals surface area (Å²) in [6.45, 7) is 4.85.